The molecule has 4 heteroatoms. The predicted molar refractivity (Wildman–Crippen MR) is 103 cm³/mol. The molecule has 1 aromatic carbocycles. The van der Waals surface area contributed by atoms with Gasteiger partial charge in [0.05, 0.1) is 17.2 Å². The topological polar surface area (TPSA) is 40.5 Å². The summed E-state index contributed by atoms with van der Waals surface area (Å²) >= 11 is 1.70. The largest absolute Gasteiger partial charge is 0.388 e. The van der Waals surface area contributed by atoms with Gasteiger partial charge in [-0.3, -0.25) is 9.69 Å². The van der Waals surface area contributed by atoms with Crippen molar-refractivity contribution in [1.29, 1.82) is 0 Å². The summed E-state index contributed by atoms with van der Waals surface area (Å²) in [4.78, 5) is 14.2. The highest BCUT2D eigenvalue weighted by molar-refractivity contribution is 8.01. The molecule has 0 spiro atoms. The van der Waals surface area contributed by atoms with Crippen molar-refractivity contribution in [2.45, 2.75) is 58.4 Å². The number of amides is 1. The minimum absolute atomic E-state index is 0.165. The third-order valence-corrected chi connectivity index (χ3v) is 5.42. The molecule has 0 aromatic heterocycles. The van der Waals surface area contributed by atoms with Gasteiger partial charge in [-0.15, -0.1) is 11.8 Å². The Morgan fingerprint density at radius 1 is 1.29 bits per heavy atom. The fourth-order valence-corrected chi connectivity index (χ4v) is 3.88. The van der Waals surface area contributed by atoms with E-state index in [9.17, 15) is 9.90 Å². The first-order chi connectivity index (χ1) is 11.3. The first-order valence-electron chi connectivity index (χ1n) is 8.71. The van der Waals surface area contributed by atoms with Gasteiger partial charge < -0.3 is 5.11 Å². The zero-order valence-corrected chi connectivity index (χ0v) is 16.0. The molecule has 0 bridgehead atoms. The SMILES string of the molecule is CCC/C=C\CC1SCC(=O)N1c1ccc(C(O)C(C)(C)C)cc1. The molecule has 2 rings (SSSR count). The number of aliphatic hydroxyl groups excluding tert-OH is 1. The Morgan fingerprint density at radius 2 is 1.96 bits per heavy atom. The third kappa shape index (κ3) is 4.64. The minimum atomic E-state index is -0.511. The number of allylic oxidation sites excluding steroid dienone is 1. The Kier molecular flexibility index (Phi) is 6.53. The van der Waals surface area contributed by atoms with Gasteiger partial charge in [0.25, 0.3) is 0 Å². The second kappa shape index (κ2) is 8.21. The van der Waals surface area contributed by atoms with E-state index in [1.807, 2.05) is 49.9 Å². The summed E-state index contributed by atoms with van der Waals surface area (Å²) in [7, 11) is 0. The van der Waals surface area contributed by atoms with Gasteiger partial charge in [0, 0.05) is 5.69 Å². The second-order valence-electron chi connectivity index (χ2n) is 7.39. The summed E-state index contributed by atoms with van der Waals surface area (Å²) in [6.45, 7) is 8.22. The van der Waals surface area contributed by atoms with Crippen molar-refractivity contribution in [3.8, 4) is 0 Å². The van der Waals surface area contributed by atoms with Crippen LogP contribution in [0.15, 0.2) is 36.4 Å². The van der Waals surface area contributed by atoms with E-state index >= 15 is 0 Å². The molecule has 2 unspecified atom stereocenters. The van der Waals surface area contributed by atoms with Crippen LogP contribution in [-0.2, 0) is 4.79 Å². The molecular weight excluding hydrogens is 318 g/mol. The molecule has 1 saturated heterocycles. The van der Waals surface area contributed by atoms with Crippen molar-refractivity contribution >= 4 is 23.4 Å². The monoisotopic (exact) mass is 347 g/mol. The molecular formula is C20H29NO2S. The third-order valence-electron chi connectivity index (χ3n) is 4.22. The average Bonchev–Trinajstić information content (AvgIpc) is 2.91. The van der Waals surface area contributed by atoms with Crippen LogP contribution in [0.5, 0.6) is 0 Å². The normalized spacial score (nSPS) is 20.1. The lowest BCUT2D eigenvalue weighted by Gasteiger charge is -2.27. The van der Waals surface area contributed by atoms with Gasteiger partial charge >= 0.3 is 0 Å². The van der Waals surface area contributed by atoms with Crippen molar-refractivity contribution in [2.24, 2.45) is 5.41 Å². The number of carbonyl (C=O) groups excluding carboxylic acids is 1. The van der Waals surface area contributed by atoms with Gasteiger partial charge in [-0.2, -0.15) is 0 Å². The standard InChI is InChI=1S/C20H29NO2S/c1-5-6-7-8-9-18-21(17(22)14-24-18)16-12-10-15(11-13-16)19(23)20(2,3)4/h7-8,10-13,18-19,23H,5-6,9,14H2,1-4H3/b8-7-. The van der Waals surface area contributed by atoms with Crippen molar-refractivity contribution in [3.63, 3.8) is 0 Å². The summed E-state index contributed by atoms with van der Waals surface area (Å²) in [5.41, 5.74) is 1.61. The fraction of sp³-hybridized carbons (Fsp3) is 0.550. The number of benzene rings is 1. The highest BCUT2D eigenvalue weighted by Gasteiger charge is 2.32. The van der Waals surface area contributed by atoms with E-state index in [1.54, 1.807) is 11.8 Å². The van der Waals surface area contributed by atoms with Gasteiger partial charge in [0.2, 0.25) is 5.91 Å². The summed E-state index contributed by atoms with van der Waals surface area (Å²) in [5.74, 6) is 0.705. The molecule has 2 atom stereocenters. The van der Waals surface area contributed by atoms with Crippen LogP contribution in [0, 0.1) is 5.41 Å². The summed E-state index contributed by atoms with van der Waals surface area (Å²) in [5, 5.41) is 10.6. The summed E-state index contributed by atoms with van der Waals surface area (Å²) in [6.07, 6.45) is 6.99. The molecule has 1 N–H and O–H groups in total. The molecule has 132 valence electrons. The van der Waals surface area contributed by atoms with E-state index < -0.39 is 6.10 Å². The highest BCUT2D eigenvalue weighted by Crippen LogP contribution is 2.36. The van der Waals surface area contributed by atoms with Crippen LogP contribution < -0.4 is 4.90 Å². The zero-order chi connectivity index (χ0) is 17.7. The van der Waals surface area contributed by atoms with Gasteiger partial charge in [-0.05, 0) is 36.0 Å². The van der Waals surface area contributed by atoms with Crippen LogP contribution in [0.3, 0.4) is 0 Å². The maximum absolute atomic E-state index is 12.3. The minimum Gasteiger partial charge on any atom is -0.388 e. The van der Waals surface area contributed by atoms with Crippen LogP contribution in [0.1, 0.15) is 58.6 Å². The van der Waals surface area contributed by atoms with Crippen LogP contribution >= 0.6 is 11.8 Å². The molecule has 3 nitrogen and oxygen atoms in total. The molecule has 1 fully saturated rings. The Hall–Kier alpha value is -1.26. The Bertz CT molecular complexity index is 574. The van der Waals surface area contributed by atoms with Crippen molar-refractivity contribution < 1.29 is 9.90 Å². The lowest BCUT2D eigenvalue weighted by Crippen LogP contribution is -2.32. The second-order valence-corrected chi connectivity index (χ2v) is 8.55. The average molecular weight is 348 g/mol. The zero-order valence-electron chi connectivity index (χ0n) is 15.2. The highest BCUT2D eigenvalue weighted by atomic mass is 32.2. The molecule has 24 heavy (non-hydrogen) atoms. The van der Waals surface area contributed by atoms with Crippen molar-refractivity contribution in [2.75, 3.05) is 10.7 Å². The van der Waals surface area contributed by atoms with E-state index in [0.29, 0.717) is 5.75 Å². The quantitative estimate of drug-likeness (QED) is 0.743. The number of unbranched alkanes of at least 4 members (excludes halogenated alkanes) is 1. The van der Waals surface area contributed by atoms with E-state index in [0.717, 1.165) is 30.5 Å². The van der Waals surface area contributed by atoms with Crippen molar-refractivity contribution in [3.05, 3.63) is 42.0 Å². The number of thioether (sulfide) groups is 1. The lowest BCUT2D eigenvalue weighted by molar-refractivity contribution is -0.115. The lowest BCUT2D eigenvalue weighted by atomic mass is 9.85. The van der Waals surface area contributed by atoms with Gasteiger partial charge in [-0.1, -0.05) is 58.4 Å². The number of nitrogens with zero attached hydrogens (tertiary/aromatic N) is 1. The van der Waals surface area contributed by atoms with Gasteiger partial charge in [0.1, 0.15) is 0 Å². The van der Waals surface area contributed by atoms with Crippen LogP contribution in [0.25, 0.3) is 0 Å². The van der Waals surface area contributed by atoms with Crippen LogP contribution in [-0.4, -0.2) is 22.1 Å². The number of hydrogen-bond acceptors (Lipinski definition) is 3. The number of anilines is 1. The van der Waals surface area contributed by atoms with E-state index in [1.165, 1.54) is 0 Å². The molecule has 0 aliphatic carbocycles. The van der Waals surface area contributed by atoms with E-state index in [2.05, 4.69) is 19.1 Å². The summed E-state index contributed by atoms with van der Waals surface area (Å²) < 4.78 is 0. The first kappa shape index (κ1) is 19.1. The number of rotatable bonds is 6. The molecule has 1 aliphatic rings. The van der Waals surface area contributed by atoms with Gasteiger partial charge in [0.15, 0.2) is 0 Å². The fourth-order valence-electron chi connectivity index (χ4n) is 2.77. The molecule has 1 aromatic rings. The molecule has 1 amide bonds. The number of carbonyl (C=O) groups is 1. The van der Waals surface area contributed by atoms with Crippen molar-refractivity contribution in [1.82, 2.24) is 0 Å². The van der Waals surface area contributed by atoms with Crippen LogP contribution in [0.4, 0.5) is 5.69 Å². The maximum atomic E-state index is 12.3. The smallest absolute Gasteiger partial charge is 0.238 e. The summed E-state index contributed by atoms with van der Waals surface area (Å²) in [6, 6.07) is 7.78. The predicted octanol–water partition coefficient (Wildman–Crippen LogP) is 4.92. The van der Waals surface area contributed by atoms with Crippen LogP contribution in [0.2, 0.25) is 0 Å². The maximum Gasteiger partial charge on any atom is 0.238 e. The Balaban J connectivity index is 2.12. The molecule has 0 saturated carbocycles. The number of aliphatic hydroxyl groups is 1. The molecule has 0 radical (unpaired) electrons. The van der Waals surface area contributed by atoms with E-state index in [-0.39, 0.29) is 16.7 Å². The van der Waals surface area contributed by atoms with E-state index in [4.69, 9.17) is 0 Å². The molecule has 1 heterocycles. The Morgan fingerprint density at radius 3 is 2.54 bits per heavy atom. The number of hydrogen-bond donors (Lipinski definition) is 1. The Labute approximate surface area is 150 Å². The first-order valence-corrected chi connectivity index (χ1v) is 9.76. The van der Waals surface area contributed by atoms with Gasteiger partial charge in [-0.25, -0.2) is 0 Å². The molecule has 1 aliphatic heterocycles.